The Balaban J connectivity index is 2.18. The molecule has 0 spiro atoms. The van der Waals surface area contributed by atoms with Crippen LogP contribution in [0, 0.1) is 0 Å². The first kappa shape index (κ1) is 18.3. The second-order valence-corrected chi connectivity index (χ2v) is 5.99. The van der Waals surface area contributed by atoms with Gasteiger partial charge in [-0.25, -0.2) is 0 Å². The van der Waals surface area contributed by atoms with Gasteiger partial charge in [-0.1, -0.05) is 46.9 Å². The maximum absolute atomic E-state index is 12.2. The fourth-order valence-corrected chi connectivity index (χ4v) is 2.53. The van der Waals surface area contributed by atoms with Gasteiger partial charge >= 0.3 is 0 Å². The largest absolute Gasteiger partial charge is 0.484 e. The van der Waals surface area contributed by atoms with E-state index >= 15 is 0 Å². The topological polar surface area (TPSA) is 69.4 Å². The molecule has 0 unspecified atom stereocenters. The number of ether oxygens (including phenoxy) is 1. The summed E-state index contributed by atoms with van der Waals surface area (Å²) >= 11 is 17.9. The highest BCUT2D eigenvalue weighted by molar-refractivity contribution is 6.44. The average molecular weight is 385 g/mol. The normalized spacial score (nSPS) is 10.8. The molecule has 124 valence electrons. The molecule has 2 aromatic carbocycles. The van der Waals surface area contributed by atoms with Crippen molar-refractivity contribution in [2.45, 2.75) is 0 Å². The average Bonchev–Trinajstić information content (AvgIpc) is 2.54. The first-order valence-electron chi connectivity index (χ1n) is 6.75. The molecule has 0 aliphatic rings. The van der Waals surface area contributed by atoms with E-state index in [4.69, 9.17) is 45.3 Å². The molecule has 0 aliphatic carbocycles. The summed E-state index contributed by atoms with van der Waals surface area (Å²) in [5.41, 5.74) is 5.93. The predicted molar refractivity (Wildman–Crippen MR) is 96.0 cm³/mol. The molecule has 0 atom stereocenters. The minimum absolute atomic E-state index is 0.260. The molecule has 0 radical (unpaired) electrons. The van der Waals surface area contributed by atoms with Crippen LogP contribution in [0.4, 0.5) is 0 Å². The molecule has 7 heteroatoms. The molecule has 2 aromatic rings. The van der Waals surface area contributed by atoms with Crippen LogP contribution in [0.3, 0.4) is 0 Å². The molecule has 1 amide bonds. The molecular formula is C17H12Cl3NO3. The molecule has 4 nitrogen and oxygen atoms in total. The molecule has 0 bridgehead atoms. The van der Waals surface area contributed by atoms with E-state index < -0.39 is 5.91 Å². The van der Waals surface area contributed by atoms with Crippen molar-refractivity contribution in [3.05, 3.63) is 68.7 Å². The minimum atomic E-state index is -0.598. The number of primary amides is 1. The quantitative estimate of drug-likeness (QED) is 0.456. The van der Waals surface area contributed by atoms with Crippen molar-refractivity contribution in [3.63, 3.8) is 0 Å². The van der Waals surface area contributed by atoms with Crippen molar-refractivity contribution in [2.24, 2.45) is 5.73 Å². The number of carbonyl (C=O) groups excluding carboxylic acids is 2. The van der Waals surface area contributed by atoms with E-state index in [2.05, 4.69) is 0 Å². The van der Waals surface area contributed by atoms with E-state index in [1.807, 2.05) is 0 Å². The second kappa shape index (κ2) is 8.20. The third-order valence-corrected chi connectivity index (χ3v) is 3.97. The summed E-state index contributed by atoms with van der Waals surface area (Å²) in [6.45, 7) is -0.260. The molecule has 2 N–H and O–H groups in total. The van der Waals surface area contributed by atoms with Crippen LogP contribution in [0.1, 0.15) is 15.9 Å². The standard InChI is InChI=1S/C17H12Cl3NO3/c18-12-6-11(17(20)14(19)8-12)4-5-15(22)10-2-1-3-13(7-10)24-9-16(21)23/h1-8H,9H2,(H2,21,23). The third-order valence-electron chi connectivity index (χ3n) is 2.94. The molecule has 0 fully saturated rings. The van der Waals surface area contributed by atoms with E-state index in [9.17, 15) is 9.59 Å². The number of carbonyl (C=O) groups is 2. The van der Waals surface area contributed by atoms with Crippen LogP contribution in [0.15, 0.2) is 42.5 Å². The van der Waals surface area contributed by atoms with E-state index in [-0.39, 0.29) is 12.4 Å². The molecule has 0 saturated heterocycles. The van der Waals surface area contributed by atoms with E-state index in [1.54, 1.807) is 24.3 Å². The summed E-state index contributed by atoms with van der Waals surface area (Å²) in [7, 11) is 0. The number of allylic oxidation sites excluding steroid dienone is 1. The summed E-state index contributed by atoms with van der Waals surface area (Å²) in [5.74, 6) is -0.498. The van der Waals surface area contributed by atoms with Crippen LogP contribution < -0.4 is 10.5 Å². The SMILES string of the molecule is NC(=O)COc1cccc(C(=O)C=Cc2cc(Cl)cc(Cl)c2Cl)c1. The van der Waals surface area contributed by atoms with Gasteiger partial charge in [-0.05, 0) is 42.0 Å². The van der Waals surface area contributed by atoms with Crippen LogP contribution in [0.2, 0.25) is 15.1 Å². The Labute approximate surface area is 153 Å². The first-order valence-corrected chi connectivity index (χ1v) is 7.88. The van der Waals surface area contributed by atoms with Gasteiger partial charge in [-0.3, -0.25) is 9.59 Å². The van der Waals surface area contributed by atoms with Crippen molar-refractivity contribution in [2.75, 3.05) is 6.61 Å². The number of rotatable bonds is 6. The maximum atomic E-state index is 12.2. The Morgan fingerprint density at radius 2 is 1.88 bits per heavy atom. The molecule has 2 rings (SSSR count). The summed E-state index contributed by atoms with van der Waals surface area (Å²) < 4.78 is 5.16. The van der Waals surface area contributed by atoms with E-state index in [0.29, 0.717) is 31.9 Å². The van der Waals surface area contributed by atoms with Crippen molar-refractivity contribution in [3.8, 4) is 5.75 Å². The van der Waals surface area contributed by atoms with Gasteiger partial charge in [0.1, 0.15) is 5.75 Å². The smallest absolute Gasteiger partial charge is 0.255 e. The number of nitrogens with two attached hydrogens (primary N) is 1. The van der Waals surface area contributed by atoms with Gasteiger partial charge < -0.3 is 10.5 Å². The van der Waals surface area contributed by atoms with Crippen LogP contribution in [-0.2, 0) is 4.79 Å². The van der Waals surface area contributed by atoms with Crippen molar-refractivity contribution in [1.29, 1.82) is 0 Å². The lowest BCUT2D eigenvalue weighted by Crippen LogP contribution is -2.20. The number of hydrogen-bond acceptors (Lipinski definition) is 3. The minimum Gasteiger partial charge on any atom is -0.484 e. The van der Waals surface area contributed by atoms with Gasteiger partial charge in [-0.2, -0.15) is 0 Å². The third kappa shape index (κ3) is 4.99. The Bertz CT molecular complexity index is 819. The zero-order valence-corrected chi connectivity index (χ0v) is 14.5. The molecule has 0 aliphatic heterocycles. The second-order valence-electron chi connectivity index (χ2n) is 4.77. The van der Waals surface area contributed by atoms with Crippen LogP contribution in [-0.4, -0.2) is 18.3 Å². The summed E-state index contributed by atoms with van der Waals surface area (Å²) in [6.07, 6.45) is 2.88. The predicted octanol–water partition coefficient (Wildman–Crippen LogP) is 4.41. The lowest BCUT2D eigenvalue weighted by molar-refractivity contribution is -0.119. The fraction of sp³-hybridized carbons (Fsp3) is 0.0588. The van der Waals surface area contributed by atoms with Crippen molar-refractivity contribution < 1.29 is 14.3 Å². The lowest BCUT2D eigenvalue weighted by Gasteiger charge is -2.05. The number of benzene rings is 2. The Kier molecular flexibility index (Phi) is 6.26. The monoisotopic (exact) mass is 383 g/mol. The lowest BCUT2D eigenvalue weighted by atomic mass is 10.1. The summed E-state index contributed by atoms with van der Waals surface area (Å²) in [5, 5.41) is 1.03. The fourth-order valence-electron chi connectivity index (χ4n) is 1.85. The van der Waals surface area contributed by atoms with Crippen LogP contribution in [0.25, 0.3) is 6.08 Å². The highest BCUT2D eigenvalue weighted by atomic mass is 35.5. The first-order chi connectivity index (χ1) is 11.4. The number of hydrogen-bond donors (Lipinski definition) is 1. The van der Waals surface area contributed by atoms with Gasteiger partial charge in [0.05, 0.1) is 10.0 Å². The van der Waals surface area contributed by atoms with Gasteiger partial charge in [-0.15, -0.1) is 0 Å². The molecule has 0 heterocycles. The van der Waals surface area contributed by atoms with Gasteiger partial charge in [0.15, 0.2) is 12.4 Å². The summed E-state index contributed by atoms with van der Waals surface area (Å²) in [6, 6.07) is 9.52. The van der Waals surface area contributed by atoms with E-state index in [1.165, 1.54) is 24.3 Å². The van der Waals surface area contributed by atoms with Crippen molar-refractivity contribution >= 4 is 52.6 Å². The van der Waals surface area contributed by atoms with Crippen LogP contribution >= 0.6 is 34.8 Å². The van der Waals surface area contributed by atoms with Crippen LogP contribution in [0.5, 0.6) is 5.75 Å². The zero-order valence-electron chi connectivity index (χ0n) is 12.3. The zero-order chi connectivity index (χ0) is 17.7. The van der Waals surface area contributed by atoms with Crippen molar-refractivity contribution in [1.82, 2.24) is 0 Å². The molecule has 24 heavy (non-hydrogen) atoms. The Morgan fingerprint density at radius 1 is 1.12 bits per heavy atom. The summed E-state index contributed by atoms with van der Waals surface area (Å²) in [4.78, 5) is 23.0. The highest BCUT2D eigenvalue weighted by Gasteiger charge is 2.07. The number of amides is 1. The highest BCUT2D eigenvalue weighted by Crippen LogP contribution is 2.30. The van der Waals surface area contributed by atoms with Gasteiger partial charge in [0.25, 0.3) is 5.91 Å². The number of ketones is 1. The van der Waals surface area contributed by atoms with Gasteiger partial charge in [0.2, 0.25) is 0 Å². The number of halogens is 3. The van der Waals surface area contributed by atoms with E-state index in [0.717, 1.165) is 0 Å². The van der Waals surface area contributed by atoms with Gasteiger partial charge in [0, 0.05) is 10.6 Å². The molecular weight excluding hydrogens is 373 g/mol. The maximum Gasteiger partial charge on any atom is 0.255 e. The molecule has 0 aromatic heterocycles. The molecule has 0 saturated carbocycles. The Hall–Kier alpha value is -2.01. The Morgan fingerprint density at radius 3 is 2.58 bits per heavy atom.